The van der Waals surface area contributed by atoms with Crippen molar-refractivity contribution < 1.29 is 9.53 Å². The predicted octanol–water partition coefficient (Wildman–Crippen LogP) is 1.43. The minimum absolute atomic E-state index is 0.150. The largest absolute Gasteiger partial charge is 0.469 e. The van der Waals surface area contributed by atoms with Gasteiger partial charge in [0.1, 0.15) is 0 Å². The molecule has 0 aliphatic rings. The molecule has 0 atom stereocenters. The highest BCUT2D eigenvalue weighted by atomic mass is 16.5. The minimum Gasteiger partial charge on any atom is -0.469 e. The number of ether oxygens (including phenoxy) is 1. The van der Waals surface area contributed by atoms with Crippen LogP contribution in [-0.4, -0.2) is 13.1 Å². The molecule has 2 heteroatoms. The third-order valence-corrected chi connectivity index (χ3v) is 1.06. The highest BCUT2D eigenvalue weighted by Gasteiger charge is 1.96. The molecule has 2 radical (unpaired) electrons. The maximum Gasteiger partial charge on any atom is 0.305 e. The molecule has 52 valence electrons. The lowest BCUT2D eigenvalue weighted by atomic mass is 10.2. The van der Waals surface area contributed by atoms with Gasteiger partial charge in [0.05, 0.1) is 7.11 Å². The normalized spacial score (nSPS) is 9.11. The van der Waals surface area contributed by atoms with Gasteiger partial charge in [-0.3, -0.25) is 4.79 Å². The number of carbonyl (C=O) groups excluding carboxylic acids is 1. The molecular weight excluding hydrogens is 116 g/mol. The van der Waals surface area contributed by atoms with E-state index in [1.54, 1.807) is 0 Å². The van der Waals surface area contributed by atoms with E-state index in [2.05, 4.69) is 4.74 Å². The molecule has 0 heterocycles. The van der Waals surface area contributed by atoms with Gasteiger partial charge in [0.25, 0.3) is 0 Å². The van der Waals surface area contributed by atoms with E-state index in [1.807, 2.05) is 0 Å². The zero-order valence-corrected chi connectivity index (χ0v) is 5.72. The van der Waals surface area contributed by atoms with Crippen molar-refractivity contribution in [3.05, 3.63) is 6.92 Å². The first-order chi connectivity index (χ1) is 4.31. The van der Waals surface area contributed by atoms with E-state index in [4.69, 9.17) is 6.92 Å². The molecular formula is C7H12O2. The molecule has 0 rings (SSSR count). The maximum absolute atomic E-state index is 10.4. The van der Waals surface area contributed by atoms with Crippen LogP contribution in [0.4, 0.5) is 0 Å². The van der Waals surface area contributed by atoms with Gasteiger partial charge in [-0.05, 0) is 19.8 Å². The second-order valence-electron chi connectivity index (χ2n) is 1.82. The second kappa shape index (κ2) is 5.60. The first-order valence-corrected chi connectivity index (χ1v) is 3.08. The predicted molar refractivity (Wildman–Crippen MR) is 34.8 cm³/mol. The lowest BCUT2D eigenvalue weighted by Gasteiger charge is -1.95. The van der Waals surface area contributed by atoms with Crippen LogP contribution >= 0.6 is 0 Å². The van der Waals surface area contributed by atoms with Crippen molar-refractivity contribution in [2.45, 2.75) is 25.7 Å². The lowest BCUT2D eigenvalue weighted by Crippen LogP contribution is -1.98. The Hall–Kier alpha value is -0.530. The van der Waals surface area contributed by atoms with Crippen molar-refractivity contribution in [1.82, 2.24) is 0 Å². The molecule has 0 aliphatic carbocycles. The van der Waals surface area contributed by atoms with Crippen LogP contribution in [0.3, 0.4) is 0 Å². The number of rotatable bonds is 4. The Morgan fingerprint density at radius 2 is 2.22 bits per heavy atom. The van der Waals surface area contributed by atoms with Gasteiger partial charge in [0, 0.05) is 6.42 Å². The van der Waals surface area contributed by atoms with Crippen LogP contribution < -0.4 is 0 Å². The third kappa shape index (κ3) is 5.34. The van der Waals surface area contributed by atoms with Gasteiger partial charge in [-0.25, -0.2) is 0 Å². The van der Waals surface area contributed by atoms with Gasteiger partial charge < -0.3 is 4.74 Å². The van der Waals surface area contributed by atoms with E-state index in [-0.39, 0.29) is 5.97 Å². The summed E-state index contributed by atoms with van der Waals surface area (Å²) in [7, 11) is 1.39. The summed E-state index contributed by atoms with van der Waals surface area (Å²) in [6, 6.07) is 0. The summed E-state index contributed by atoms with van der Waals surface area (Å²) in [6.07, 6.45) is 2.88. The molecule has 0 saturated carbocycles. The summed E-state index contributed by atoms with van der Waals surface area (Å²) < 4.78 is 4.42. The van der Waals surface area contributed by atoms with Crippen molar-refractivity contribution >= 4 is 5.97 Å². The van der Waals surface area contributed by atoms with Crippen molar-refractivity contribution in [1.29, 1.82) is 0 Å². The molecule has 0 aromatic rings. The maximum atomic E-state index is 10.4. The summed E-state index contributed by atoms with van der Waals surface area (Å²) in [5, 5.41) is 0. The van der Waals surface area contributed by atoms with Crippen LogP contribution in [0.5, 0.6) is 0 Å². The molecule has 9 heavy (non-hydrogen) atoms. The topological polar surface area (TPSA) is 26.3 Å². The molecule has 0 aliphatic heterocycles. The van der Waals surface area contributed by atoms with Gasteiger partial charge in [-0.2, -0.15) is 0 Å². The van der Waals surface area contributed by atoms with Crippen molar-refractivity contribution in [2.24, 2.45) is 0 Å². The van der Waals surface area contributed by atoms with E-state index in [1.165, 1.54) is 7.11 Å². The molecule has 0 aromatic carbocycles. The van der Waals surface area contributed by atoms with Crippen LogP contribution in [0.15, 0.2) is 0 Å². The fourth-order valence-electron chi connectivity index (χ4n) is 0.516. The van der Waals surface area contributed by atoms with Crippen molar-refractivity contribution in [3.8, 4) is 0 Å². The Labute approximate surface area is 56.2 Å². The van der Waals surface area contributed by atoms with Crippen molar-refractivity contribution in [2.75, 3.05) is 7.11 Å². The van der Waals surface area contributed by atoms with Crippen LogP contribution in [0.25, 0.3) is 0 Å². The van der Waals surface area contributed by atoms with E-state index in [0.717, 1.165) is 12.8 Å². The summed E-state index contributed by atoms with van der Waals surface area (Å²) in [5.41, 5.74) is 0. The Balaban J connectivity index is 2.97. The Kier molecular flexibility index (Phi) is 5.27. The molecule has 0 fully saturated rings. The SMILES string of the molecule is [CH]CCCCC(=O)OC. The average Bonchev–Trinajstić information content (AvgIpc) is 1.89. The van der Waals surface area contributed by atoms with Crippen LogP contribution in [0, 0.1) is 6.92 Å². The van der Waals surface area contributed by atoms with Crippen LogP contribution in [-0.2, 0) is 9.53 Å². The van der Waals surface area contributed by atoms with E-state index in [9.17, 15) is 4.79 Å². The van der Waals surface area contributed by atoms with E-state index in [0.29, 0.717) is 12.8 Å². The first kappa shape index (κ1) is 8.47. The van der Waals surface area contributed by atoms with Crippen LogP contribution in [0.1, 0.15) is 25.7 Å². The minimum atomic E-state index is -0.150. The molecule has 0 amide bonds. The molecule has 0 unspecified atom stereocenters. The number of carbonyl (C=O) groups is 1. The number of hydrogen-bond donors (Lipinski definition) is 0. The third-order valence-electron chi connectivity index (χ3n) is 1.06. The lowest BCUT2D eigenvalue weighted by molar-refractivity contribution is -0.140. The average molecular weight is 128 g/mol. The second-order valence-corrected chi connectivity index (χ2v) is 1.82. The molecule has 0 bridgehead atoms. The van der Waals surface area contributed by atoms with Gasteiger partial charge in [-0.1, -0.05) is 6.42 Å². The summed E-state index contributed by atoms with van der Waals surface area (Å²) >= 11 is 0. The van der Waals surface area contributed by atoms with Crippen LogP contribution in [0.2, 0.25) is 0 Å². The fourth-order valence-corrected chi connectivity index (χ4v) is 0.516. The number of methoxy groups -OCH3 is 1. The van der Waals surface area contributed by atoms with Gasteiger partial charge in [0.2, 0.25) is 0 Å². The number of esters is 1. The Bertz CT molecular complexity index is 79.0. The van der Waals surface area contributed by atoms with Gasteiger partial charge in [-0.15, -0.1) is 0 Å². The standard InChI is InChI=1S/C7H12O2/c1-3-4-5-6-7(8)9-2/h1H,3-6H2,2H3. The highest BCUT2D eigenvalue weighted by Crippen LogP contribution is 1.98. The quantitative estimate of drug-likeness (QED) is 0.423. The first-order valence-electron chi connectivity index (χ1n) is 3.08. The Morgan fingerprint density at radius 3 is 2.67 bits per heavy atom. The zero-order chi connectivity index (χ0) is 7.11. The highest BCUT2D eigenvalue weighted by molar-refractivity contribution is 5.68. The molecule has 0 saturated heterocycles. The molecule has 0 spiro atoms. The summed E-state index contributed by atoms with van der Waals surface area (Å²) in [5.74, 6) is -0.150. The van der Waals surface area contributed by atoms with E-state index >= 15 is 0 Å². The van der Waals surface area contributed by atoms with E-state index < -0.39 is 0 Å². The molecule has 0 N–H and O–H groups in total. The van der Waals surface area contributed by atoms with Crippen molar-refractivity contribution in [3.63, 3.8) is 0 Å². The monoisotopic (exact) mass is 128 g/mol. The smallest absolute Gasteiger partial charge is 0.305 e. The zero-order valence-electron chi connectivity index (χ0n) is 5.72. The molecule has 2 nitrogen and oxygen atoms in total. The fraction of sp³-hybridized carbons (Fsp3) is 0.714. The Morgan fingerprint density at radius 1 is 1.56 bits per heavy atom. The number of hydrogen-bond acceptors (Lipinski definition) is 2. The number of unbranched alkanes of at least 4 members (excludes halogenated alkanes) is 2. The summed E-state index contributed by atoms with van der Waals surface area (Å²) in [6.45, 7) is 5.20. The van der Waals surface area contributed by atoms with Gasteiger partial charge >= 0.3 is 5.97 Å². The summed E-state index contributed by atoms with van der Waals surface area (Å²) in [4.78, 5) is 10.4. The molecule has 0 aromatic heterocycles. The van der Waals surface area contributed by atoms with Gasteiger partial charge in [0.15, 0.2) is 0 Å².